The van der Waals surface area contributed by atoms with E-state index in [-0.39, 0.29) is 43.0 Å². The molecule has 0 bridgehead atoms. The summed E-state index contributed by atoms with van der Waals surface area (Å²) in [6.45, 7) is 3.47. The number of fused-ring (bicyclic) bond motifs is 1. The highest BCUT2D eigenvalue weighted by molar-refractivity contribution is 6.01. The third kappa shape index (κ3) is 3.99. The quantitative estimate of drug-likeness (QED) is 0.695. The first-order chi connectivity index (χ1) is 15.3. The van der Waals surface area contributed by atoms with Crippen molar-refractivity contribution in [1.82, 2.24) is 20.0 Å². The summed E-state index contributed by atoms with van der Waals surface area (Å²) in [5, 5.41) is 7.29. The number of aromatic nitrogens is 2. The molecular weight excluding hydrogens is 415 g/mol. The molecule has 2 heterocycles. The molecule has 8 nitrogen and oxygen atoms in total. The van der Waals surface area contributed by atoms with Crippen LogP contribution in [0.15, 0.2) is 30.3 Å². The maximum Gasteiger partial charge on any atom is 0.358 e. The molecule has 2 aliphatic rings. The summed E-state index contributed by atoms with van der Waals surface area (Å²) in [4.78, 5) is 40.5. The minimum absolute atomic E-state index is 0.00138. The van der Waals surface area contributed by atoms with Crippen molar-refractivity contribution < 1.29 is 23.5 Å². The van der Waals surface area contributed by atoms with E-state index >= 15 is 0 Å². The second-order valence-electron chi connectivity index (χ2n) is 8.50. The molecule has 1 fully saturated rings. The second-order valence-corrected chi connectivity index (χ2v) is 8.50. The number of halogens is 1. The lowest BCUT2D eigenvalue weighted by atomic mass is 9.93. The molecule has 1 aromatic carbocycles. The Balaban J connectivity index is 1.71. The molecule has 0 radical (unpaired) electrons. The number of esters is 1. The predicted octanol–water partition coefficient (Wildman–Crippen LogP) is 2.67. The van der Waals surface area contributed by atoms with Crippen LogP contribution in [0.1, 0.15) is 66.1 Å². The molecule has 1 aromatic heterocycles. The maximum absolute atomic E-state index is 14.4. The van der Waals surface area contributed by atoms with Crippen molar-refractivity contribution in [2.75, 3.05) is 6.61 Å². The van der Waals surface area contributed by atoms with Crippen molar-refractivity contribution in [3.8, 4) is 0 Å². The Morgan fingerprint density at radius 3 is 2.69 bits per heavy atom. The summed E-state index contributed by atoms with van der Waals surface area (Å²) >= 11 is 0. The van der Waals surface area contributed by atoms with Gasteiger partial charge in [0.15, 0.2) is 5.69 Å². The summed E-state index contributed by atoms with van der Waals surface area (Å²) in [6, 6.07) is 7.59. The Bertz CT molecular complexity index is 1050. The van der Waals surface area contributed by atoms with Crippen LogP contribution in [0.3, 0.4) is 0 Å². The number of hydrogen-bond acceptors (Lipinski definition) is 5. The first-order valence-electron chi connectivity index (χ1n) is 10.9. The lowest BCUT2D eigenvalue weighted by molar-refractivity contribution is -0.134. The highest BCUT2D eigenvalue weighted by Crippen LogP contribution is 2.31. The van der Waals surface area contributed by atoms with Gasteiger partial charge in [0.2, 0.25) is 5.91 Å². The van der Waals surface area contributed by atoms with Gasteiger partial charge >= 0.3 is 5.97 Å². The molecule has 2 amide bonds. The van der Waals surface area contributed by atoms with Crippen LogP contribution in [0.25, 0.3) is 0 Å². The third-order valence-electron chi connectivity index (χ3n) is 6.25. The Labute approximate surface area is 185 Å². The van der Waals surface area contributed by atoms with Gasteiger partial charge in [0.05, 0.1) is 19.7 Å². The van der Waals surface area contributed by atoms with Crippen molar-refractivity contribution in [3.05, 3.63) is 53.1 Å². The first-order valence-corrected chi connectivity index (χ1v) is 10.9. The Kier molecular flexibility index (Phi) is 5.99. The zero-order chi connectivity index (χ0) is 22.9. The van der Waals surface area contributed by atoms with E-state index in [1.54, 1.807) is 32.0 Å². The SMILES string of the molecule is CCOC(=O)c1cc2n(n1)C[C@@](C)(C(=O)NC1CCCC1)N(Cc1ccccc1F)C2=O. The van der Waals surface area contributed by atoms with Crippen LogP contribution in [0.4, 0.5) is 4.39 Å². The van der Waals surface area contributed by atoms with Crippen molar-refractivity contribution in [2.45, 2.75) is 64.2 Å². The summed E-state index contributed by atoms with van der Waals surface area (Å²) in [6.07, 6.45) is 3.88. The van der Waals surface area contributed by atoms with Gasteiger partial charge in [-0.2, -0.15) is 5.10 Å². The Morgan fingerprint density at radius 1 is 1.28 bits per heavy atom. The molecule has 32 heavy (non-hydrogen) atoms. The van der Waals surface area contributed by atoms with Gasteiger partial charge < -0.3 is 15.0 Å². The topological polar surface area (TPSA) is 93.5 Å². The Morgan fingerprint density at radius 2 is 2.00 bits per heavy atom. The lowest BCUT2D eigenvalue weighted by Crippen LogP contribution is -2.64. The summed E-state index contributed by atoms with van der Waals surface area (Å²) in [7, 11) is 0. The number of nitrogens with zero attached hydrogens (tertiary/aromatic N) is 3. The summed E-state index contributed by atoms with van der Waals surface area (Å²) in [5.74, 6) is -1.90. The molecular formula is C23H27FN4O4. The standard InChI is InChI=1S/C23H27FN4O4/c1-3-32-21(30)18-12-19-20(29)27(13-15-8-4-7-11-17(15)24)23(2,14-28(19)26-18)22(31)25-16-9-5-6-10-16/h4,7-8,11-12,16H,3,5-6,9-10,13-14H2,1-2H3,(H,25,31)/t23-/m0/s1. The van der Waals surface area contributed by atoms with Gasteiger partial charge in [-0.25, -0.2) is 9.18 Å². The van der Waals surface area contributed by atoms with Crippen LogP contribution < -0.4 is 5.32 Å². The number of carbonyl (C=O) groups is 3. The fourth-order valence-corrected chi connectivity index (χ4v) is 4.40. The highest BCUT2D eigenvalue weighted by atomic mass is 19.1. The van der Waals surface area contributed by atoms with E-state index in [0.29, 0.717) is 5.56 Å². The lowest BCUT2D eigenvalue weighted by Gasteiger charge is -2.43. The molecule has 0 unspecified atom stereocenters. The molecule has 0 saturated heterocycles. The van der Waals surface area contributed by atoms with Crippen molar-refractivity contribution in [1.29, 1.82) is 0 Å². The smallest absolute Gasteiger partial charge is 0.358 e. The molecule has 1 atom stereocenters. The van der Waals surface area contributed by atoms with E-state index in [0.717, 1.165) is 25.7 Å². The average Bonchev–Trinajstić information content (AvgIpc) is 3.42. The van der Waals surface area contributed by atoms with Gasteiger partial charge in [-0.1, -0.05) is 31.0 Å². The number of hydrogen-bond donors (Lipinski definition) is 1. The zero-order valence-corrected chi connectivity index (χ0v) is 18.3. The molecule has 170 valence electrons. The van der Waals surface area contributed by atoms with E-state index in [1.165, 1.54) is 21.7 Å². The number of carbonyl (C=O) groups excluding carboxylic acids is 3. The minimum Gasteiger partial charge on any atom is -0.461 e. The van der Waals surface area contributed by atoms with E-state index in [2.05, 4.69) is 10.4 Å². The molecule has 1 saturated carbocycles. The zero-order valence-electron chi connectivity index (χ0n) is 18.3. The van der Waals surface area contributed by atoms with Crippen LogP contribution >= 0.6 is 0 Å². The molecule has 4 rings (SSSR count). The average molecular weight is 442 g/mol. The van der Waals surface area contributed by atoms with Gasteiger partial charge in [0, 0.05) is 17.7 Å². The van der Waals surface area contributed by atoms with Gasteiger partial charge in [-0.3, -0.25) is 14.3 Å². The molecule has 1 aliphatic heterocycles. The van der Waals surface area contributed by atoms with Crippen molar-refractivity contribution in [2.24, 2.45) is 0 Å². The van der Waals surface area contributed by atoms with Gasteiger partial charge in [0.25, 0.3) is 5.91 Å². The van der Waals surface area contributed by atoms with Crippen molar-refractivity contribution >= 4 is 17.8 Å². The fourth-order valence-electron chi connectivity index (χ4n) is 4.40. The minimum atomic E-state index is -1.31. The van der Waals surface area contributed by atoms with Gasteiger partial charge in [0.1, 0.15) is 17.1 Å². The molecule has 9 heteroatoms. The van der Waals surface area contributed by atoms with Crippen LogP contribution in [0.5, 0.6) is 0 Å². The van der Waals surface area contributed by atoms with Gasteiger partial charge in [-0.05, 0) is 32.8 Å². The number of rotatable bonds is 6. The molecule has 2 aromatic rings. The van der Waals surface area contributed by atoms with Crippen LogP contribution in [0, 0.1) is 5.82 Å². The number of benzene rings is 1. The maximum atomic E-state index is 14.4. The van der Waals surface area contributed by atoms with E-state index < -0.39 is 23.2 Å². The predicted molar refractivity (Wildman–Crippen MR) is 113 cm³/mol. The summed E-state index contributed by atoms with van der Waals surface area (Å²) < 4.78 is 20.8. The van der Waals surface area contributed by atoms with Crippen LogP contribution in [-0.2, 0) is 22.6 Å². The normalized spacial score (nSPS) is 20.8. The van der Waals surface area contributed by atoms with E-state index in [1.807, 2.05) is 0 Å². The highest BCUT2D eigenvalue weighted by Gasteiger charge is 2.49. The molecule has 1 N–H and O–H groups in total. The second kappa shape index (κ2) is 8.72. The van der Waals surface area contributed by atoms with E-state index in [4.69, 9.17) is 4.74 Å². The molecule has 0 spiro atoms. The first kappa shape index (κ1) is 22.0. The van der Waals surface area contributed by atoms with Crippen LogP contribution in [0.2, 0.25) is 0 Å². The van der Waals surface area contributed by atoms with Gasteiger partial charge in [-0.15, -0.1) is 0 Å². The number of ether oxygens (including phenoxy) is 1. The van der Waals surface area contributed by atoms with E-state index in [9.17, 15) is 18.8 Å². The Hall–Kier alpha value is -3.23. The fraction of sp³-hybridized carbons (Fsp3) is 0.478. The monoisotopic (exact) mass is 442 g/mol. The molecule has 1 aliphatic carbocycles. The number of nitrogens with one attached hydrogen (secondary N) is 1. The summed E-state index contributed by atoms with van der Waals surface area (Å²) in [5.41, 5.74) is -0.844. The number of amides is 2. The third-order valence-corrected chi connectivity index (χ3v) is 6.25. The largest absolute Gasteiger partial charge is 0.461 e. The van der Waals surface area contributed by atoms with Crippen molar-refractivity contribution in [3.63, 3.8) is 0 Å². The van der Waals surface area contributed by atoms with Crippen LogP contribution in [-0.4, -0.2) is 50.7 Å².